The van der Waals surface area contributed by atoms with E-state index in [1.54, 1.807) is 36.1 Å². The molecule has 0 saturated heterocycles. The number of halogens is 3. The van der Waals surface area contributed by atoms with Gasteiger partial charge in [0.25, 0.3) is 0 Å². The number of aliphatic carboxylic acids is 2. The number of carboxylic acids is 2. The Labute approximate surface area is 242 Å². The maximum absolute atomic E-state index is 13.4. The lowest BCUT2D eigenvalue weighted by Crippen LogP contribution is -2.30. The quantitative estimate of drug-likeness (QED) is 0.290. The van der Waals surface area contributed by atoms with Gasteiger partial charge >= 0.3 is 18.1 Å². The molecular formula is C30H37F3N2O7. The zero-order valence-electron chi connectivity index (χ0n) is 24.6. The van der Waals surface area contributed by atoms with Gasteiger partial charge in [-0.05, 0) is 47.1 Å². The lowest BCUT2D eigenvalue weighted by atomic mass is 9.78. The average Bonchev–Trinajstić information content (AvgIpc) is 3.15. The van der Waals surface area contributed by atoms with Crippen LogP contribution < -0.4 is 4.74 Å². The summed E-state index contributed by atoms with van der Waals surface area (Å²) in [6, 6.07) is 8.72. The standard InChI is InChI=1S/C28H36N2O5.C2HF3O2/c1-8-23(26(33)34)35-18-10-9-16-14-30(25(29)19(16)13-18)15-22(31)17-11-20(27(2,3)4)24(32)21(12-17)28(5,6)7;3-2(4,5)1(6)7/h9-13,23,29,32H,8,14-15H2,1-7H3,(H,33,34);(H,6,7). The molecule has 1 atom stereocenters. The second-order valence-corrected chi connectivity index (χ2v) is 12.0. The topological polar surface area (TPSA) is 148 Å². The van der Waals surface area contributed by atoms with Gasteiger partial charge in [-0.15, -0.1) is 0 Å². The van der Waals surface area contributed by atoms with Crippen molar-refractivity contribution in [2.75, 3.05) is 6.54 Å². The summed E-state index contributed by atoms with van der Waals surface area (Å²) in [4.78, 5) is 35.3. The van der Waals surface area contributed by atoms with Gasteiger partial charge in [-0.2, -0.15) is 13.2 Å². The first-order chi connectivity index (χ1) is 19.1. The Morgan fingerprint density at radius 3 is 1.88 bits per heavy atom. The highest BCUT2D eigenvalue weighted by Gasteiger charge is 2.38. The van der Waals surface area contributed by atoms with Crippen LogP contribution in [-0.4, -0.2) is 62.6 Å². The minimum Gasteiger partial charge on any atom is -0.507 e. The van der Waals surface area contributed by atoms with Gasteiger partial charge in [-0.3, -0.25) is 10.2 Å². The molecule has 0 aliphatic carbocycles. The molecule has 1 aliphatic rings. The van der Waals surface area contributed by atoms with E-state index in [9.17, 15) is 33.0 Å². The van der Waals surface area contributed by atoms with Gasteiger partial charge in [0, 0.05) is 28.8 Å². The number of Topliss-reactive ketones (excluding diaryl/α,β-unsaturated/α-hetero) is 1. The van der Waals surface area contributed by atoms with E-state index < -0.39 is 24.2 Å². The largest absolute Gasteiger partial charge is 0.507 e. The van der Waals surface area contributed by atoms with Crippen molar-refractivity contribution in [2.45, 2.75) is 84.5 Å². The van der Waals surface area contributed by atoms with Crippen molar-refractivity contribution in [3.05, 3.63) is 58.1 Å². The summed E-state index contributed by atoms with van der Waals surface area (Å²) >= 11 is 0. The molecule has 0 bridgehead atoms. The number of nitrogens with one attached hydrogen (secondary N) is 1. The molecule has 0 aromatic heterocycles. The van der Waals surface area contributed by atoms with Crippen LogP contribution in [0, 0.1) is 5.41 Å². The SMILES string of the molecule is CCC(Oc1ccc2c(c1)C(=N)N(CC(=O)c1cc(C(C)(C)C)c(O)c(C(C)(C)C)c1)C2)C(=O)O.O=C(O)C(F)(F)F. The number of alkyl halides is 3. The summed E-state index contributed by atoms with van der Waals surface area (Å²) in [5.41, 5.74) is 2.77. The second kappa shape index (κ2) is 12.4. The first-order valence-corrected chi connectivity index (χ1v) is 13.1. The Bertz CT molecular complexity index is 1340. The number of ether oxygens (including phenoxy) is 1. The number of rotatable bonds is 7. The van der Waals surface area contributed by atoms with Gasteiger partial charge in [-0.25, -0.2) is 9.59 Å². The number of benzene rings is 2. The van der Waals surface area contributed by atoms with E-state index in [0.29, 0.717) is 29.8 Å². The first kappa shape index (κ1) is 34.1. The van der Waals surface area contributed by atoms with Crippen molar-refractivity contribution < 1.29 is 47.6 Å². The first-order valence-electron chi connectivity index (χ1n) is 13.1. The monoisotopic (exact) mass is 594 g/mol. The Kier molecular flexibility index (Phi) is 10.1. The van der Waals surface area contributed by atoms with Crippen LogP contribution in [0.3, 0.4) is 0 Å². The molecule has 12 heteroatoms. The number of carbonyl (C=O) groups is 3. The molecule has 42 heavy (non-hydrogen) atoms. The number of aromatic hydroxyl groups is 1. The number of fused-ring (bicyclic) bond motifs is 1. The Balaban J connectivity index is 0.000000782. The van der Waals surface area contributed by atoms with E-state index >= 15 is 0 Å². The third-order valence-corrected chi connectivity index (χ3v) is 6.56. The van der Waals surface area contributed by atoms with Crippen LogP contribution in [0.4, 0.5) is 13.2 Å². The predicted molar refractivity (Wildman–Crippen MR) is 150 cm³/mol. The van der Waals surface area contributed by atoms with E-state index in [2.05, 4.69) is 0 Å². The highest BCUT2D eigenvalue weighted by Crippen LogP contribution is 2.40. The zero-order valence-corrected chi connectivity index (χ0v) is 24.6. The number of carboxylic acid groups (broad SMARTS) is 2. The molecule has 4 N–H and O–H groups in total. The van der Waals surface area contributed by atoms with Gasteiger partial charge in [0.05, 0.1) is 6.54 Å². The molecular weight excluding hydrogens is 557 g/mol. The Morgan fingerprint density at radius 2 is 1.48 bits per heavy atom. The second-order valence-electron chi connectivity index (χ2n) is 12.0. The lowest BCUT2D eigenvalue weighted by Gasteiger charge is -2.28. The van der Waals surface area contributed by atoms with Crippen LogP contribution in [0.5, 0.6) is 11.5 Å². The van der Waals surface area contributed by atoms with Crippen LogP contribution in [0.15, 0.2) is 30.3 Å². The third-order valence-electron chi connectivity index (χ3n) is 6.56. The number of carbonyl (C=O) groups excluding carboxylic acids is 1. The molecule has 2 aromatic rings. The van der Waals surface area contributed by atoms with Crippen molar-refractivity contribution in [1.29, 1.82) is 5.41 Å². The summed E-state index contributed by atoms with van der Waals surface area (Å²) in [7, 11) is 0. The minimum atomic E-state index is -5.08. The van der Waals surface area contributed by atoms with Gasteiger partial charge in [-0.1, -0.05) is 54.5 Å². The van der Waals surface area contributed by atoms with Crippen molar-refractivity contribution in [1.82, 2.24) is 4.90 Å². The van der Waals surface area contributed by atoms with Crippen LogP contribution in [0.2, 0.25) is 0 Å². The normalized spacial score (nSPS) is 14.0. The van der Waals surface area contributed by atoms with Crippen molar-refractivity contribution in [3.63, 3.8) is 0 Å². The summed E-state index contributed by atoms with van der Waals surface area (Å²) in [6.07, 6.45) is -5.71. The lowest BCUT2D eigenvalue weighted by molar-refractivity contribution is -0.192. The highest BCUT2D eigenvalue weighted by molar-refractivity contribution is 6.05. The molecule has 3 rings (SSSR count). The van der Waals surface area contributed by atoms with E-state index in [1.807, 2.05) is 47.6 Å². The van der Waals surface area contributed by atoms with Crippen molar-refractivity contribution in [2.24, 2.45) is 0 Å². The molecule has 0 radical (unpaired) electrons. The number of phenols is 1. The molecule has 2 aromatic carbocycles. The average molecular weight is 595 g/mol. The molecule has 0 spiro atoms. The van der Waals surface area contributed by atoms with Crippen LogP contribution in [-0.2, 0) is 27.0 Å². The van der Waals surface area contributed by atoms with Gasteiger partial charge in [0.15, 0.2) is 11.9 Å². The van der Waals surface area contributed by atoms with E-state index in [1.165, 1.54) is 0 Å². The Hall–Kier alpha value is -4.09. The van der Waals surface area contributed by atoms with E-state index in [-0.39, 0.29) is 34.7 Å². The van der Waals surface area contributed by atoms with E-state index in [4.69, 9.17) is 20.0 Å². The summed E-state index contributed by atoms with van der Waals surface area (Å²) in [6.45, 7) is 14.2. The number of hydrogen-bond donors (Lipinski definition) is 4. The van der Waals surface area contributed by atoms with Gasteiger partial charge < -0.3 is 25.0 Å². The summed E-state index contributed by atoms with van der Waals surface area (Å²) in [5, 5.41) is 36.0. The molecule has 1 aliphatic heterocycles. The molecule has 0 amide bonds. The molecule has 9 nitrogen and oxygen atoms in total. The number of hydrogen-bond acceptors (Lipinski definition) is 6. The van der Waals surface area contributed by atoms with Crippen molar-refractivity contribution in [3.8, 4) is 11.5 Å². The highest BCUT2D eigenvalue weighted by atomic mass is 19.4. The summed E-state index contributed by atoms with van der Waals surface area (Å²) in [5.74, 6) is -3.11. The minimum absolute atomic E-state index is 0.0222. The molecule has 1 unspecified atom stereocenters. The summed E-state index contributed by atoms with van der Waals surface area (Å²) < 4.78 is 37.3. The number of ketones is 1. The van der Waals surface area contributed by atoms with Crippen LogP contribution in [0.25, 0.3) is 0 Å². The van der Waals surface area contributed by atoms with E-state index in [0.717, 1.165) is 16.7 Å². The molecule has 0 saturated carbocycles. The zero-order chi connectivity index (χ0) is 32.4. The predicted octanol–water partition coefficient (Wildman–Crippen LogP) is 5.89. The smallest absolute Gasteiger partial charge is 0.490 e. The molecule has 1 heterocycles. The fourth-order valence-corrected chi connectivity index (χ4v) is 4.25. The van der Waals surface area contributed by atoms with Crippen LogP contribution >= 0.6 is 0 Å². The number of nitrogens with zero attached hydrogens (tertiary/aromatic N) is 1. The number of phenolic OH excluding ortho intramolecular Hbond substituents is 1. The fourth-order valence-electron chi connectivity index (χ4n) is 4.25. The molecule has 0 fully saturated rings. The van der Waals surface area contributed by atoms with Gasteiger partial charge in [0.1, 0.15) is 17.3 Å². The molecule has 230 valence electrons. The number of amidine groups is 1. The maximum Gasteiger partial charge on any atom is 0.490 e. The third kappa shape index (κ3) is 8.23. The fraction of sp³-hybridized carbons (Fsp3) is 0.467. The maximum atomic E-state index is 13.4. The van der Waals surface area contributed by atoms with Gasteiger partial charge in [0.2, 0.25) is 0 Å². The Morgan fingerprint density at radius 1 is 0.976 bits per heavy atom. The van der Waals surface area contributed by atoms with Crippen LogP contribution in [0.1, 0.15) is 87.5 Å². The van der Waals surface area contributed by atoms with Crippen molar-refractivity contribution >= 4 is 23.6 Å².